The molecule has 0 fully saturated rings. The summed E-state index contributed by atoms with van der Waals surface area (Å²) in [5.41, 5.74) is 0.952. The van der Waals surface area contributed by atoms with Gasteiger partial charge in [-0.15, -0.1) is 0 Å². The zero-order valence-corrected chi connectivity index (χ0v) is 18.3. The quantitative estimate of drug-likeness (QED) is 0.307. The summed E-state index contributed by atoms with van der Waals surface area (Å²) < 4.78 is 28.3. The standard InChI is InChI=1S/C23H27N3O4S/c1-2-3-4-5-6-15-30-21-11-7-18(8-12-21)16-19(17-24)23(27)26-20-9-13-22(14-10-20)31(25,28)29/h7-14,16H,2-6,15H2,1H3,(H,26,27)(H2,25,28,29)/b19-16+. The number of amides is 1. The summed E-state index contributed by atoms with van der Waals surface area (Å²) in [4.78, 5) is 12.3. The number of sulfonamides is 1. The Balaban J connectivity index is 1.94. The fourth-order valence-corrected chi connectivity index (χ4v) is 3.31. The summed E-state index contributed by atoms with van der Waals surface area (Å²) in [6.07, 6.45) is 7.32. The molecule has 8 heteroatoms. The molecule has 164 valence electrons. The number of rotatable bonds is 11. The molecule has 2 aromatic carbocycles. The van der Waals surface area contributed by atoms with Crippen molar-refractivity contribution in [3.63, 3.8) is 0 Å². The number of hydrogen-bond donors (Lipinski definition) is 2. The van der Waals surface area contributed by atoms with Crippen LogP contribution in [0.3, 0.4) is 0 Å². The maximum atomic E-state index is 12.4. The van der Waals surface area contributed by atoms with Gasteiger partial charge in [0.15, 0.2) is 0 Å². The predicted molar refractivity (Wildman–Crippen MR) is 121 cm³/mol. The van der Waals surface area contributed by atoms with Gasteiger partial charge in [0.05, 0.1) is 11.5 Å². The molecule has 0 heterocycles. The van der Waals surface area contributed by atoms with Gasteiger partial charge in [-0.1, -0.05) is 44.7 Å². The maximum Gasteiger partial charge on any atom is 0.266 e. The third-order valence-corrected chi connectivity index (χ3v) is 5.44. The highest BCUT2D eigenvalue weighted by Gasteiger charge is 2.11. The maximum absolute atomic E-state index is 12.4. The van der Waals surface area contributed by atoms with Crippen molar-refractivity contribution in [2.75, 3.05) is 11.9 Å². The van der Waals surface area contributed by atoms with Crippen molar-refractivity contribution in [2.24, 2.45) is 5.14 Å². The third-order valence-electron chi connectivity index (χ3n) is 4.51. The number of nitrogens with two attached hydrogens (primary N) is 1. The summed E-state index contributed by atoms with van der Waals surface area (Å²) >= 11 is 0. The molecule has 0 aliphatic rings. The van der Waals surface area contributed by atoms with Crippen molar-refractivity contribution < 1.29 is 17.9 Å². The van der Waals surface area contributed by atoms with Gasteiger partial charge in [0, 0.05) is 5.69 Å². The Kier molecular flexibility index (Phi) is 9.25. The zero-order chi connectivity index (χ0) is 22.7. The van der Waals surface area contributed by atoms with Crippen LogP contribution in [0.25, 0.3) is 6.08 Å². The Morgan fingerprint density at radius 2 is 1.71 bits per heavy atom. The highest BCUT2D eigenvalue weighted by Crippen LogP contribution is 2.17. The molecule has 0 bridgehead atoms. The highest BCUT2D eigenvalue weighted by atomic mass is 32.2. The van der Waals surface area contributed by atoms with Crippen molar-refractivity contribution in [1.29, 1.82) is 5.26 Å². The number of primary sulfonamides is 1. The monoisotopic (exact) mass is 441 g/mol. The highest BCUT2D eigenvalue weighted by molar-refractivity contribution is 7.89. The van der Waals surface area contributed by atoms with Crippen LogP contribution in [0.4, 0.5) is 5.69 Å². The Labute approximate surface area is 183 Å². The Morgan fingerprint density at radius 1 is 1.06 bits per heavy atom. The van der Waals surface area contributed by atoms with Gasteiger partial charge >= 0.3 is 0 Å². The van der Waals surface area contributed by atoms with Crippen LogP contribution in [0.1, 0.15) is 44.6 Å². The number of benzene rings is 2. The van der Waals surface area contributed by atoms with Crippen LogP contribution in [0.2, 0.25) is 0 Å². The first kappa shape index (κ1) is 24.1. The number of carbonyl (C=O) groups excluding carboxylic acids is 1. The van der Waals surface area contributed by atoms with Gasteiger partial charge in [0.1, 0.15) is 17.4 Å². The number of anilines is 1. The van der Waals surface area contributed by atoms with Crippen LogP contribution < -0.4 is 15.2 Å². The normalized spacial score (nSPS) is 11.6. The lowest BCUT2D eigenvalue weighted by molar-refractivity contribution is -0.112. The second kappa shape index (κ2) is 11.9. The molecule has 0 atom stereocenters. The molecule has 0 radical (unpaired) electrons. The smallest absolute Gasteiger partial charge is 0.266 e. The van der Waals surface area contributed by atoms with E-state index in [-0.39, 0.29) is 10.5 Å². The largest absolute Gasteiger partial charge is 0.494 e. The van der Waals surface area contributed by atoms with Crippen LogP contribution in [0, 0.1) is 11.3 Å². The third kappa shape index (κ3) is 8.24. The van der Waals surface area contributed by atoms with Gasteiger partial charge in [-0.25, -0.2) is 13.6 Å². The number of unbranched alkanes of at least 4 members (excludes halogenated alkanes) is 4. The molecule has 0 aliphatic carbocycles. The zero-order valence-electron chi connectivity index (χ0n) is 17.5. The molecule has 0 spiro atoms. The van der Waals surface area contributed by atoms with Gasteiger partial charge in [-0.05, 0) is 54.5 Å². The van der Waals surface area contributed by atoms with Gasteiger partial charge in [-0.2, -0.15) is 5.26 Å². The van der Waals surface area contributed by atoms with Gasteiger partial charge in [0.25, 0.3) is 5.91 Å². The second-order valence-corrected chi connectivity index (χ2v) is 8.59. The lowest BCUT2D eigenvalue weighted by Gasteiger charge is -2.07. The van der Waals surface area contributed by atoms with E-state index in [1.54, 1.807) is 24.3 Å². The molecule has 7 nitrogen and oxygen atoms in total. The average molecular weight is 442 g/mol. The fraction of sp³-hybridized carbons (Fsp3) is 0.304. The minimum atomic E-state index is -3.81. The van der Waals surface area contributed by atoms with Crippen molar-refractivity contribution in [3.05, 3.63) is 59.7 Å². The van der Waals surface area contributed by atoms with Crippen molar-refractivity contribution in [2.45, 2.75) is 43.9 Å². The van der Waals surface area contributed by atoms with Crippen LogP contribution in [-0.4, -0.2) is 20.9 Å². The number of carbonyl (C=O) groups is 1. The van der Waals surface area contributed by atoms with E-state index in [1.807, 2.05) is 6.07 Å². The topological polar surface area (TPSA) is 122 Å². The minimum absolute atomic E-state index is 0.0650. The van der Waals surface area contributed by atoms with Crippen molar-refractivity contribution >= 4 is 27.7 Å². The molecule has 0 unspecified atom stereocenters. The van der Waals surface area contributed by atoms with Crippen LogP contribution >= 0.6 is 0 Å². The molecule has 3 N–H and O–H groups in total. The summed E-state index contributed by atoms with van der Waals surface area (Å²) in [5, 5.41) is 17.0. The minimum Gasteiger partial charge on any atom is -0.494 e. The first-order valence-corrected chi connectivity index (χ1v) is 11.7. The second-order valence-electron chi connectivity index (χ2n) is 7.03. The summed E-state index contributed by atoms with van der Waals surface area (Å²) in [7, 11) is -3.81. The van der Waals surface area contributed by atoms with E-state index >= 15 is 0 Å². The molecular weight excluding hydrogens is 414 g/mol. The van der Waals surface area contributed by atoms with E-state index in [9.17, 15) is 18.5 Å². The first-order chi connectivity index (χ1) is 14.8. The molecular formula is C23H27N3O4S. The summed E-state index contributed by atoms with van der Waals surface area (Å²) in [5.74, 6) is 0.142. The van der Waals surface area contributed by atoms with E-state index in [4.69, 9.17) is 9.88 Å². The Hall–Kier alpha value is -3.15. The van der Waals surface area contributed by atoms with E-state index in [0.717, 1.165) is 18.6 Å². The number of ether oxygens (including phenoxy) is 1. The number of nitrogens with one attached hydrogen (secondary N) is 1. The molecule has 2 aromatic rings. The predicted octanol–water partition coefficient (Wildman–Crippen LogP) is 4.23. The number of hydrogen-bond acceptors (Lipinski definition) is 5. The van der Waals surface area contributed by atoms with E-state index in [2.05, 4.69) is 12.2 Å². The molecule has 0 saturated carbocycles. The Morgan fingerprint density at radius 3 is 2.29 bits per heavy atom. The van der Waals surface area contributed by atoms with Gasteiger partial charge < -0.3 is 10.1 Å². The Bertz CT molecular complexity index is 1040. The molecule has 0 saturated heterocycles. The lowest BCUT2D eigenvalue weighted by atomic mass is 10.1. The first-order valence-electron chi connectivity index (χ1n) is 10.1. The molecule has 0 aromatic heterocycles. The van der Waals surface area contributed by atoms with Crippen molar-refractivity contribution in [1.82, 2.24) is 0 Å². The van der Waals surface area contributed by atoms with Gasteiger partial charge in [-0.3, -0.25) is 4.79 Å². The van der Waals surface area contributed by atoms with Crippen LogP contribution in [0.15, 0.2) is 59.0 Å². The number of nitriles is 1. The molecule has 31 heavy (non-hydrogen) atoms. The van der Waals surface area contributed by atoms with Gasteiger partial charge in [0.2, 0.25) is 10.0 Å². The van der Waals surface area contributed by atoms with E-state index < -0.39 is 15.9 Å². The summed E-state index contributed by atoms with van der Waals surface area (Å²) in [6.45, 7) is 2.84. The van der Waals surface area contributed by atoms with Crippen LogP contribution in [0.5, 0.6) is 5.75 Å². The lowest BCUT2D eigenvalue weighted by Crippen LogP contribution is -2.14. The van der Waals surface area contributed by atoms with E-state index in [1.165, 1.54) is 49.6 Å². The van der Waals surface area contributed by atoms with E-state index in [0.29, 0.717) is 17.9 Å². The SMILES string of the molecule is CCCCCCCOc1ccc(/C=C(\C#N)C(=O)Nc2ccc(S(N)(=O)=O)cc2)cc1. The molecule has 1 amide bonds. The summed E-state index contributed by atoms with van der Waals surface area (Å²) in [6, 6.07) is 14.4. The van der Waals surface area contributed by atoms with Crippen molar-refractivity contribution in [3.8, 4) is 11.8 Å². The molecule has 2 rings (SSSR count). The average Bonchev–Trinajstić information content (AvgIpc) is 2.75. The fourth-order valence-electron chi connectivity index (χ4n) is 2.80. The molecule has 0 aliphatic heterocycles. The number of nitrogens with zero attached hydrogens (tertiary/aromatic N) is 1. The van der Waals surface area contributed by atoms with Crippen LogP contribution in [-0.2, 0) is 14.8 Å².